The Balaban J connectivity index is 1.86. The van der Waals surface area contributed by atoms with Crippen LogP contribution in [0.3, 0.4) is 0 Å². The summed E-state index contributed by atoms with van der Waals surface area (Å²) in [5.74, 6) is 0. The summed E-state index contributed by atoms with van der Waals surface area (Å²) in [6, 6.07) is 4.90. The number of nitrogens with zero attached hydrogens (tertiary/aromatic N) is 2. The number of hydrogen-bond donors (Lipinski definition) is 2. The fourth-order valence-electron chi connectivity index (χ4n) is 2.55. The highest BCUT2D eigenvalue weighted by atomic mass is 15.2. The first-order chi connectivity index (χ1) is 8.36. The fraction of sp³-hybridized carbons (Fsp3) is 0.462. The summed E-state index contributed by atoms with van der Waals surface area (Å²) in [6.45, 7) is 2.21. The van der Waals surface area contributed by atoms with Crippen molar-refractivity contribution in [1.82, 2.24) is 15.3 Å². The molecule has 90 valence electrons. The van der Waals surface area contributed by atoms with E-state index >= 15 is 0 Å². The average Bonchev–Trinajstić information content (AvgIpc) is 2.86. The molecule has 0 bridgehead atoms. The van der Waals surface area contributed by atoms with E-state index in [-0.39, 0.29) is 0 Å². The Bertz CT molecular complexity index is 505. The molecule has 1 aliphatic rings. The zero-order valence-electron chi connectivity index (χ0n) is 10.1. The molecule has 4 nitrogen and oxygen atoms in total. The van der Waals surface area contributed by atoms with Crippen LogP contribution in [0, 0.1) is 0 Å². The van der Waals surface area contributed by atoms with Crippen molar-refractivity contribution in [3.63, 3.8) is 0 Å². The lowest BCUT2D eigenvalue weighted by atomic mass is 10.1. The summed E-state index contributed by atoms with van der Waals surface area (Å²) in [5.41, 5.74) is 2.20. The zero-order chi connectivity index (χ0) is 11.7. The van der Waals surface area contributed by atoms with Gasteiger partial charge < -0.3 is 15.2 Å². The van der Waals surface area contributed by atoms with E-state index in [0.29, 0.717) is 6.04 Å². The third-order valence-electron chi connectivity index (χ3n) is 3.58. The number of H-pyrrole nitrogens is 1. The summed E-state index contributed by atoms with van der Waals surface area (Å²) in [7, 11) is 2.04. The zero-order valence-corrected chi connectivity index (χ0v) is 10.1. The van der Waals surface area contributed by atoms with Gasteiger partial charge in [0.1, 0.15) is 5.65 Å². The minimum absolute atomic E-state index is 0.602. The van der Waals surface area contributed by atoms with Crippen LogP contribution < -0.4 is 10.2 Å². The maximum Gasteiger partial charge on any atom is 0.137 e. The van der Waals surface area contributed by atoms with Crippen LogP contribution in [0.25, 0.3) is 11.0 Å². The van der Waals surface area contributed by atoms with Crippen molar-refractivity contribution < 1.29 is 0 Å². The van der Waals surface area contributed by atoms with Crippen LogP contribution in [-0.2, 0) is 0 Å². The molecular weight excluding hydrogens is 212 g/mol. The average molecular weight is 230 g/mol. The molecule has 3 heterocycles. The molecule has 3 rings (SSSR count). The molecular formula is C13H18N4. The molecule has 0 spiro atoms. The molecule has 17 heavy (non-hydrogen) atoms. The second-order valence-corrected chi connectivity index (χ2v) is 4.68. The lowest BCUT2D eigenvalue weighted by Gasteiger charge is -2.34. The summed E-state index contributed by atoms with van der Waals surface area (Å²) < 4.78 is 0. The van der Waals surface area contributed by atoms with Crippen molar-refractivity contribution in [3.05, 3.63) is 24.5 Å². The number of anilines is 1. The Labute approximate surface area is 101 Å². The summed E-state index contributed by atoms with van der Waals surface area (Å²) >= 11 is 0. The van der Waals surface area contributed by atoms with Gasteiger partial charge in [-0.15, -0.1) is 0 Å². The maximum atomic E-state index is 4.45. The van der Waals surface area contributed by atoms with Gasteiger partial charge in [0.2, 0.25) is 0 Å². The molecule has 1 saturated heterocycles. The molecule has 1 atom stereocenters. The molecule has 4 heteroatoms. The van der Waals surface area contributed by atoms with E-state index in [4.69, 9.17) is 0 Å². The number of rotatable bonds is 2. The van der Waals surface area contributed by atoms with Gasteiger partial charge in [-0.2, -0.15) is 0 Å². The number of nitrogens with one attached hydrogen (secondary N) is 2. The third kappa shape index (κ3) is 2.00. The maximum absolute atomic E-state index is 4.45. The topological polar surface area (TPSA) is 44.0 Å². The van der Waals surface area contributed by atoms with Crippen LogP contribution in [0.1, 0.15) is 12.8 Å². The van der Waals surface area contributed by atoms with Gasteiger partial charge in [0.15, 0.2) is 0 Å². The van der Waals surface area contributed by atoms with Crippen molar-refractivity contribution >= 4 is 16.7 Å². The van der Waals surface area contributed by atoms with E-state index in [1.54, 1.807) is 0 Å². The van der Waals surface area contributed by atoms with Crippen molar-refractivity contribution in [2.24, 2.45) is 0 Å². The Morgan fingerprint density at radius 2 is 2.47 bits per heavy atom. The SMILES string of the molecule is CNC1CCCN(c2cnc3[nH]ccc3c2)C1. The standard InChI is InChI=1S/C13H18N4/c1-14-11-3-2-6-17(9-11)12-7-10-4-5-15-13(10)16-8-12/h4-5,7-8,11,14H,2-3,6,9H2,1H3,(H,15,16). The van der Waals surface area contributed by atoms with Gasteiger partial charge in [-0.05, 0) is 32.0 Å². The lowest BCUT2D eigenvalue weighted by molar-refractivity contribution is 0.449. The first-order valence-corrected chi connectivity index (χ1v) is 6.22. The summed E-state index contributed by atoms with van der Waals surface area (Å²) in [6.07, 6.45) is 6.43. The van der Waals surface area contributed by atoms with Gasteiger partial charge in [-0.3, -0.25) is 0 Å². The number of fused-ring (bicyclic) bond motifs is 1. The molecule has 1 unspecified atom stereocenters. The first kappa shape index (κ1) is 10.6. The highest BCUT2D eigenvalue weighted by molar-refractivity contribution is 5.79. The van der Waals surface area contributed by atoms with E-state index in [1.165, 1.54) is 23.9 Å². The van der Waals surface area contributed by atoms with Crippen molar-refractivity contribution in [2.45, 2.75) is 18.9 Å². The Kier molecular flexibility index (Phi) is 2.73. The first-order valence-electron chi connectivity index (χ1n) is 6.22. The molecule has 0 radical (unpaired) electrons. The molecule has 1 fully saturated rings. The molecule has 2 aromatic heterocycles. The van der Waals surface area contributed by atoms with Gasteiger partial charge >= 0.3 is 0 Å². The molecule has 1 aliphatic heterocycles. The molecule has 2 aromatic rings. The van der Waals surface area contributed by atoms with Crippen molar-refractivity contribution in [3.8, 4) is 0 Å². The van der Waals surface area contributed by atoms with Crippen molar-refractivity contribution in [1.29, 1.82) is 0 Å². The Hall–Kier alpha value is -1.55. The van der Waals surface area contributed by atoms with E-state index in [9.17, 15) is 0 Å². The second kappa shape index (κ2) is 4.37. The summed E-state index contributed by atoms with van der Waals surface area (Å²) in [5, 5.41) is 4.56. The largest absolute Gasteiger partial charge is 0.369 e. The van der Waals surface area contributed by atoms with E-state index < -0.39 is 0 Å². The van der Waals surface area contributed by atoms with Crippen LogP contribution in [0.5, 0.6) is 0 Å². The smallest absolute Gasteiger partial charge is 0.137 e. The Morgan fingerprint density at radius 1 is 1.53 bits per heavy atom. The van der Waals surface area contributed by atoms with Gasteiger partial charge in [0.25, 0.3) is 0 Å². The predicted molar refractivity (Wildman–Crippen MR) is 70.4 cm³/mol. The number of aromatic nitrogens is 2. The van der Waals surface area contributed by atoms with Crippen LogP contribution in [0.15, 0.2) is 24.5 Å². The van der Waals surface area contributed by atoms with Crippen LogP contribution in [-0.4, -0.2) is 36.1 Å². The molecule has 0 saturated carbocycles. The fourth-order valence-corrected chi connectivity index (χ4v) is 2.55. The predicted octanol–water partition coefficient (Wildman–Crippen LogP) is 1.75. The minimum atomic E-state index is 0.602. The van der Waals surface area contributed by atoms with Gasteiger partial charge in [-0.25, -0.2) is 4.98 Å². The summed E-state index contributed by atoms with van der Waals surface area (Å²) in [4.78, 5) is 10.00. The van der Waals surface area contributed by atoms with Gasteiger partial charge in [0, 0.05) is 30.7 Å². The molecule has 0 aliphatic carbocycles. The number of hydrogen-bond acceptors (Lipinski definition) is 3. The van der Waals surface area contributed by atoms with E-state index in [2.05, 4.69) is 32.3 Å². The van der Waals surface area contributed by atoms with Gasteiger partial charge in [-0.1, -0.05) is 0 Å². The minimum Gasteiger partial charge on any atom is -0.369 e. The van der Waals surface area contributed by atoms with Gasteiger partial charge in [0.05, 0.1) is 11.9 Å². The number of aromatic amines is 1. The highest BCUT2D eigenvalue weighted by Crippen LogP contribution is 2.22. The van der Waals surface area contributed by atoms with Crippen LogP contribution in [0.4, 0.5) is 5.69 Å². The molecule has 0 amide bonds. The normalized spacial score (nSPS) is 21.0. The highest BCUT2D eigenvalue weighted by Gasteiger charge is 2.18. The molecule has 2 N–H and O–H groups in total. The molecule has 0 aromatic carbocycles. The number of pyridine rings is 1. The third-order valence-corrected chi connectivity index (χ3v) is 3.58. The number of piperidine rings is 1. The van der Waals surface area contributed by atoms with Crippen LogP contribution in [0.2, 0.25) is 0 Å². The number of likely N-dealkylation sites (N-methyl/N-ethyl adjacent to an activating group) is 1. The monoisotopic (exact) mass is 230 g/mol. The second-order valence-electron chi connectivity index (χ2n) is 4.68. The quantitative estimate of drug-likeness (QED) is 0.826. The lowest BCUT2D eigenvalue weighted by Crippen LogP contribution is -2.44. The van der Waals surface area contributed by atoms with E-state index in [0.717, 1.165) is 18.7 Å². The Morgan fingerprint density at radius 3 is 3.35 bits per heavy atom. The van der Waals surface area contributed by atoms with Crippen molar-refractivity contribution in [2.75, 3.05) is 25.0 Å². The van der Waals surface area contributed by atoms with Crippen LogP contribution >= 0.6 is 0 Å². The van der Waals surface area contributed by atoms with E-state index in [1.807, 2.05) is 19.4 Å².